The average Bonchev–Trinajstić information content (AvgIpc) is 2.53. The first kappa shape index (κ1) is 9.77. The van der Waals surface area contributed by atoms with E-state index in [-0.39, 0.29) is 0 Å². The molecule has 1 heterocycles. The van der Waals surface area contributed by atoms with E-state index in [0.29, 0.717) is 5.84 Å². The first-order valence-corrected chi connectivity index (χ1v) is 4.51. The van der Waals surface area contributed by atoms with Gasteiger partial charge in [-0.15, -0.1) is 0 Å². The molecule has 0 aliphatic carbocycles. The molecule has 13 heavy (non-hydrogen) atoms. The Morgan fingerprint density at radius 1 is 1.54 bits per heavy atom. The number of hydrogen-bond donors (Lipinski definition) is 1. The highest BCUT2D eigenvalue weighted by Crippen LogP contribution is 2.00. The molecule has 0 radical (unpaired) electrons. The van der Waals surface area contributed by atoms with Gasteiger partial charge in [-0.3, -0.25) is 5.41 Å². The molecule has 0 saturated heterocycles. The van der Waals surface area contributed by atoms with Crippen LogP contribution in [-0.2, 0) is 7.05 Å². The lowest BCUT2D eigenvalue weighted by Crippen LogP contribution is -2.32. The number of imidazole rings is 1. The van der Waals surface area contributed by atoms with Crippen molar-refractivity contribution in [1.82, 2.24) is 14.5 Å². The minimum Gasteiger partial charge on any atom is -0.355 e. The summed E-state index contributed by atoms with van der Waals surface area (Å²) >= 11 is 0. The third-order valence-electron chi connectivity index (χ3n) is 2.11. The predicted molar refractivity (Wildman–Crippen MR) is 53.0 cm³/mol. The zero-order chi connectivity index (χ0) is 9.84. The Labute approximate surface area is 78.7 Å². The van der Waals surface area contributed by atoms with Crippen LogP contribution in [0.1, 0.15) is 19.7 Å². The summed E-state index contributed by atoms with van der Waals surface area (Å²) in [6.45, 7) is 5.78. The second-order valence-corrected chi connectivity index (χ2v) is 2.88. The van der Waals surface area contributed by atoms with Gasteiger partial charge in [-0.05, 0) is 13.8 Å². The molecule has 0 atom stereocenters. The van der Waals surface area contributed by atoms with Crippen LogP contribution in [0.5, 0.6) is 0 Å². The second-order valence-electron chi connectivity index (χ2n) is 2.88. The van der Waals surface area contributed by atoms with Crippen LogP contribution in [0.2, 0.25) is 0 Å². The van der Waals surface area contributed by atoms with E-state index in [9.17, 15) is 0 Å². The number of amidine groups is 1. The van der Waals surface area contributed by atoms with Gasteiger partial charge in [0, 0.05) is 32.5 Å². The van der Waals surface area contributed by atoms with Crippen molar-refractivity contribution in [2.45, 2.75) is 13.8 Å². The van der Waals surface area contributed by atoms with E-state index >= 15 is 0 Å². The van der Waals surface area contributed by atoms with E-state index in [2.05, 4.69) is 4.98 Å². The Kier molecular flexibility index (Phi) is 3.06. The minimum atomic E-state index is 0.498. The monoisotopic (exact) mass is 180 g/mol. The number of aryl methyl sites for hydroxylation is 1. The fraction of sp³-hybridized carbons (Fsp3) is 0.556. The summed E-state index contributed by atoms with van der Waals surface area (Å²) in [4.78, 5) is 6.10. The molecular formula is C9H16N4. The van der Waals surface area contributed by atoms with Crippen LogP contribution in [0.4, 0.5) is 0 Å². The standard InChI is InChI=1S/C9H16N4/c1-4-13(5-2)8(10)9-11-6-7-12(9)3/h6-7,10H,4-5H2,1-3H3. The molecule has 0 saturated carbocycles. The van der Waals surface area contributed by atoms with E-state index in [1.54, 1.807) is 6.20 Å². The van der Waals surface area contributed by atoms with Gasteiger partial charge in [0.25, 0.3) is 0 Å². The summed E-state index contributed by atoms with van der Waals surface area (Å²) in [7, 11) is 1.90. The van der Waals surface area contributed by atoms with Crippen molar-refractivity contribution < 1.29 is 0 Å². The summed E-state index contributed by atoms with van der Waals surface area (Å²) in [5, 5.41) is 7.89. The van der Waals surface area contributed by atoms with E-state index in [1.165, 1.54) is 0 Å². The Bertz CT molecular complexity index is 286. The van der Waals surface area contributed by atoms with Gasteiger partial charge < -0.3 is 9.47 Å². The summed E-state index contributed by atoms with van der Waals surface area (Å²) in [6, 6.07) is 0. The van der Waals surface area contributed by atoms with Gasteiger partial charge in [0.05, 0.1) is 0 Å². The maximum atomic E-state index is 7.89. The Balaban J connectivity index is 2.84. The lowest BCUT2D eigenvalue weighted by atomic mass is 10.4. The molecule has 1 rings (SSSR count). The van der Waals surface area contributed by atoms with E-state index < -0.39 is 0 Å². The van der Waals surface area contributed by atoms with Crippen molar-refractivity contribution in [3.05, 3.63) is 18.2 Å². The van der Waals surface area contributed by atoms with E-state index in [4.69, 9.17) is 5.41 Å². The summed E-state index contributed by atoms with van der Waals surface area (Å²) < 4.78 is 1.86. The van der Waals surface area contributed by atoms with Crippen molar-refractivity contribution in [2.24, 2.45) is 7.05 Å². The van der Waals surface area contributed by atoms with E-state index in [0.717, 1.165) is 18.9 Å². The van der Waals surface area contributed by atoms with Gasteiger partial charge in [0.15, 0.2) is 11.7 Å². The number of hydrogen-bond acceptors (Lipinski definition) is 2. The van der Waals surface area contributed by atoms with Gasteiger partial charge in [0.1, 0.15) is 0 Å². The Morgan fingerprint density at radius 2 is 2.15 bits per heavy atom. The van der Waals surface area contributed by atoms with Gasteiger partial charge in [-0.2, -0.15) is 0 Å². The first-order valence-electron chi connectivity index (χ1n) is 4.51. The molecule has 4 nitrogen and oxygen atoms in total. The Morgan fingerprint density at radius 3 is 2.54 bits per heavy atom. The molecule has 1 aromatic heterocycles. The van der Waals surface area contributed by atoms with Crippen LogP contribution in [0.3, 0.4) is 0 Å². The van der Waals surface area contributed by atoms with Crippen molar-refractivity contribution in [1.29, 1.82) is 5.41 Å². The zero-order valence-corrected chi connectivity index (χ0v) is 8.41. The smallest absolute Gasteiger partial charge is 0.175 e. The van der Waals surface area contributed by atoms with Crippen LogP contribution in [0, 0.1) is 5.41 Å². The lowest BCUT2D eigenvalue weighted by Gasteiger charge is -2.20. The third-order valence-corrected chi connectivity index (χ3v) is 2.11. The molecule has 0 amide bonds. The summed E-state index contributed by atoms with van der Waals surface area (Å²) in [6.07, 6.45) is 3.57. The average molecular weight is 180 g/mol. The summed E-state index contributed by atoms with van der Waals surface area (Å²) in [5.74, 6) is 1.22. The van der Waals surface area contributed by atoms with Crippen molar-refractivity contribution in [3.63, 3.8) is 0 Å². The molecule has 4 heteroatoms. The van der Waals surface area contributed by atoms with Gasteiger partial charge in [-0.25, -0.2) is 4.98 Å². The highest BCUT2D eigenvalue weighted by molar-refractivity contribution is 5.93. The maximum absolute atomic E-state index is 7.89. The topological polar surface area (TPSA) is 44.9 Å². The molecule has 0 spiro atoms. The normalized spacial score (nSPS) is 10.1. The predicted octanol–water partition coefficient (Wildman–Crippen LogP) is 1.09. The Hall–Kier alpha value is -1.32. The van der Waals surface area contributed by atoms with Crippen LogP contribution >= 0.6 is 0 Å². The zero-order valence-electron chi connectivity index (χ0n) is 8.41. The molecule has 72 valence electrons. The number of nitrogens with one attached hydrogen (secondary N) is 1. The molecule has 0 unspecified atom stereocenters. The molecule has 1 N–H and O–H groups in total. The third kappa shape index (κ3) is 1.88. The highest BCUT2D eigenvalue weighted by Gasteiger charge is 2.11. The SMILES string of the molecule is CCN(CC)C(=N)c1nccn1C. The summed E-state index contributed by atoms with van der Waals surface area (Å²) in [5.41, 5.74) is 0. The highest BCUT2D eigenvalue weighted by atomic mass is 15.2. The van der Waals surface area contributed by atoms with Crippen molar-refractivity contribution in [2.75, 3.05) is 13.1 Å². The van der Waals surface area contributed by atoms with Crippen LogP contribution in [-0.4, -0.2) is 33.4 Å². The molecule has 0 aliphatic heterocycles. The minimum absolute atomic E-state index is 0.498. The van der Waals surface area contributed by atoms with Gasteiger partial charge in [0.2, 0.25) is 0 Å². The van der Waals surface area contributed by atoms with Crippen molar-refractivity contribution >= 4 is 5.84 Å². The van der Waals surface area contributed by atoms with Gasteiger partial charge >= 0.3 is 0 Å². The number of rotatable bonds is 3. The fourth-order valence-electron chi connectivity index (χ4n) is 1.28. The molecule has 0 fully saturated rings. The van der Waals surface area contributed by atoms with Crippen LogP contribution in [0.15, 0.2) is 12.4 Å². The molecular weight excluding hydrogens is 164 g/mol. The largest absolute Gasteiger partial charge is 0.355 e. The number of nitrogens with zero attached hydrogens (tertiary/aromatic N) is 3. The van der Waals surface area contributed by atoms with Crippen molar-refractivity contribution in [3.8, 4) is 0 Å². The van der Waals surface area contributed by atoms with Crippen LogP contribution < -0.4 is 0 Å². The maximum Gasteiger partial charge on any atom is 0.175 e. The quantitative estimate of drug-likeness (QED) is 0.559. The second kappa shape index (κ2) is 4.07. The molecule has 1 aromatic rings. The van der Waals surface area contributed by atoms with E-state index in [1.807, 2.05) is 36.6 Å². The molecule has 0 bridgehead atoms. The molecule has 0 aromatic carbocycles. The number of aromatic nitrogens is 2. The van der Waals surface area contributed by atoms with Gasteiger partial charge in [-0.1, -0.05) is 0 Å². The molecule has 0 aliphatic rings. The first-order chi connectivity index (χ1) is 6.20. The van der Waals surface area contributed by atoms with Crippen LogP contribution in [0.25, 0.3) is 0 Å². The lowest BCUT2D eigenvalue weighted by molar-refractivity contribution is 0.459. The fourth-order valence-corrected chi connectivity index (χ4v) is 1.28.